The molecule has 0 spiro atoms. The Labute approximate surface area is 127 Å². The summed E-state index contributed by atoms with van der Waals surface area (Å²) in [6, 6.07) is 10.7. The Bertz CT molecular complexity index is 507. The first kappa shape index (κ1) is 15.7. The zero-order valence-electron chi connectivity index (χ0n) is 13.2. The molecule has 2 rings (SSSR count). The van der Waals surface area contributed by atoms with Gasteiger partial charge in [-0.3, -0.25) is 9.58 Å². The van der Waals surface area contributed by atoms with E-state index >= 15 is 0 Å². The maximum absolute atomic E-state index is 5.58. The fourth-order valence-corrected chi connectivity index (χ4v) is 2.48. The number of likely N-dealkylation sites (N-methyl/N-ethyl adjacent to an activating group) is 1. The Hall–Kier alpha value is -1.65. The van der Waals surface area contributed by atoms with Crippen molar-refractivity contribution in [2.75, 3.05) is 20.2 Å². The summed E-state index contributed by atoms with van der Waals surface area (Å²) < 4.78 is 7.51. The molecule has 0 aliphatic rings. The Kier molecular flexibility index (Phi) is 5.96. The molecule has 1 aromatic heterocycles. The second-order valence-corrected chi connectivity index (χ2v) is 5.48. The molecular formula is C17H25N3O. The van der Waals surface area contributed by atoms with Crippen molar-refractivity contribution in [2.45, 2.75) is 33.0 Å². The van der Waals surface area contributed by atoms with Gasteiger partial charge in [0.05, 0.1) is 12.6 Å². The van der Waals surface area contributed by atoms with Crippen molar-refractivity contribution in [1.29, 1.82) is 0 Å². The number of nitrogens with zero attached hydrogens (tertiary/aromatic N) is 3. The third-order valence-corrected chi connectivity index (χ3v) is 3.40. The van der Waals surface area contributed by atoms with Crippen LogP contribution < -0.4 is 0 Å². The first-order valence-corrected chi connectivity index (χ1v) is 7.52. The van der Waals surface area contributed by atoms with Crippen molar-refractivity contribution in [1.82, 2.24) is 14.7 Å². The van der Waals surface area contributed by atoms with Gasteiger partial charge in [0.15, 0.2) is 0 Å². The summed E-state index contributed by atoms with van der Waals surface area (Å²) >= 11 is 0. The molecule has 21 heavy (non-hydrogen) atoms. The van der Waals surface area contributed by atoms with Gasteiger partial charge in [-0.15, -0.1) is 0 Å². The molecule has 0 aliphatic heterocycles. The van der Waals surface area contributed by atoms with Gasteiger partial charge >= 0.3 is 0 Å². The van der Waals surface area contributed by atoms with Crippen molar-refractivity contribution >= 4 is 0 Å². The molecule has 0 radical (unpaired) electrons. The molecule has 1 aromatic carbocycles. The number of hydrogen-bond acceptors (Lipinski definition) is 3. The Balaban J connectivity index is 1.84. The molecule has 0 N–H and O–H groups in total. The summed E-state index contributed by atoms with van der Waals surface area (Å²) in [6.45, 7) is 7.64. The topological polar surface area (TPSA) is 30.3 Å². The minimum absolute atomic E-state index is 0.277. The van der Waals surface area contributed by atoms with Gasteiger partial charge in [-0.25, -0.2) is 0 Å². The van der Waals surface area contributed by atoms with Crippen LogP contribution in [0.2, 0.25) is 0 Å². The minimum Gasteiger partial charge on any atom is -0.377 e. The molecule has 1 unspecified atom stereocenters. The minimum atomic E-state index is 0.277. The summed E-state index contributed by atoms with van der Waals surface area (Å²) in [5, 5.41) is 4.23. The molecule has 0 saturated carbocycles. The monoisotopic (exact) mass is 287 g/mol. The van der Waals surface area contributed by atoms with Crippen LogP contribution in [0.1, 0.15) is 25.0 Å². The van der Waals surface area contributed by atoms with Gasteiger partial charge in [-0.1, -0.05) is 24.3 Å². The van der Waals surface area contributed by atoms with Crippen molar-refractivity contribution in [3.8, 4) is 0 Å². The van der Waals surface area contributed by atoms with E-state index in [1.165, 1.54) is 11.1 Å². The van der Waals surface area contributed by atoms with Gasteiger partial charge in [-0.2, -0.15) is 5.10 Å². The lowest BCUT2D eigenvalue weighted by atomic mass is 10.1. The Morgan fingerprint density at radius 1 is 1.24 bits per heavy atom. The maximum Gasteiger partial charge on any atom is 0.0673 e. The van der Waals surface area contributed by atoms with E-state index in [-0.39, 0.29) is 6.10 Å². The van der Waals surface area contributed by atoms with Gasteiger partial charge < -0.3 is 4.74 Å². The summed E-state index contributed by atoms with van der Waals surface area (Å²) in [5.41, 5.74) is 2.60. The molecule has 1 heterocycles. The highest BCUT2D eigenvalue weighted by atomic mass is 16.5. The van der Waals surface area contributed by atoms with Crippen LogP contribution in [0.4, 0.5) is 0 Å². The van der Waals surface area contributed by atoms with E-state index in [0.717, 1.165) is 26.2 Å². The fraction of sp³-hybridized carbons (Fsp3) is 0.471. The van der Waals surface area contributed by atoms with Crippen LogP contribution in [0.5, 0.6) is 0 Å². The summed E-state index contributed by atoms with van der Waals surface area (Å²) in [4.78, 5) is 2.29. The Morgan fingerprint density at radius 2 is 1.95 bits per heavy atom. The lowest BCUT2D eigenvalue weighted by Gasteiger charge is -2.21. The maximum atomic E-state index is 5.58. The first-order chi connectivity index (χ1) is 10.2. The SMILES string of the molecule is CCOC(C)CN(C)Cc1ccc(Cn2cccn2)cc1. The van der Waals surface area contributed by atoms with E-state index in [1.54, 1.807) is 0 Å². The van der Waals surface area contributed by atoms with E-state index < -0.39 is 0 Å². The van der Waals surface area contributed by atoms with E-state index in [9.17, 15) is 0 Å². The molecule has 0 bridgehead atoms. The summed E-state index contributed by atoms with van der Waals surface area (Å²) in [5.74, 6) is 0. The fourth-order valence-electron chi connectivity index (χ4n) is 2.48. The van der Waals surface area contributed by atoms with Crippen LogP contribution in [0, 0.1) is 0 Å². The molecule has 114 valence electrons. The van der Waals surface area contributed by atoms with E-state index in [4.69, 9.17) is 4.74 Å². The van der Waals surface area contributed by atoms with Gasteiger partial charge in [0, 0.05) is 32.1 Å². The third kappa shape index (κ3) is 5.33. The number of ether oxygens (including phenoxy) is 1. The predicted molar refractivity (Wildman–Crippen MR) is 85.2 cm³/mol. The van der Waals surface area contributed by atoms with Gasteiger partial charge in [0.2, 0.25) is 0 Å². The van der Waals surface area contributed by atoms with Gasteiger partial charge in [0.25, 0.3) is 0 Å². The second-order valence-electron chi connectivity index (χ2n) is 5.48. The molecule has 0 fully saturated rings. The molecule has 0 aliphatic carbocycles. The van der Waals surface area contributed by atoms with E-state index in [0.29, 0.717) is 0 Å². The molecule has 2 aromatic rings. The number of hydrogen-bond donors (Lipinski definition) is 0. The van der Waals surface area contributed by atoms with Crippen molar-refractivity contribution in [2.24, 2.45) is 0 Å². The third-order valence-electron chi connectivity index (χ3n) is 3.40. The lowest BCUT2D eigenvalue weighted by Crippen LogP contribution is -2.28. The van der Waals surface area contributed by atoms with Crippen molar-refractivity contribution in [3.63, 3.8) is 0 Å². The molecule has 0 saturated heterocycles. The zero-order chi connectivity index (χ0) is 15.1. The smallest absolute Gasteiger partial charge is 0.0673 e. The molecule has 4 nitrogen and oxygen atoms in total. The van der Waals surface area contributed by atoms with Crippen LogP contribution in [-0.2, 0) is 17.8 Å². The standard InChI is InChI=1S/C17H25N3O/c1-4-21-15(2)12-19(3)13-16-6-8-17(9-7-16)14-20-11-5-10-18-20/h5-11,15H,4,12-14H2,1-3H3. The van der Waals surface area contributed by atoms with Gasteiger partial charge in [0.1, 0.15) is 0 Å². The highest BCUT2D eigenvalue weighted by molar-refractivity contribution is 5.22. The van der Waals surface area contributed by atoms with Crippen molar-refractivity contribution < 1.29 is 4.74 Å². The Morgan fingerprint density at radius 3 is 2.57 bits per heavy atom. The largest absolute Gasteiger partial charge is 0.377 e. The molecule has 1 atom stereocenters. The second kappa shape index (κ2) is 7.96. The highest BCUT2D eigenvalue weighted by Crippen LogP contribution is 2.09. The van der Waals surface area contributed by atoms with Crippen LogP contribution in [-0.4, -0.2) is 41.0 Å². The van der Waals surface area contributed by atoms with E-state index in [2.05, 4.69) is 48.2 Å². The van der Waals surface area contributed by atoms with Gasteiger partial charge in [-0.05, 0) is 38.1 Å². The van der Waals surface area contributed by atoms with Crippen LogP contribution in [0.15, 0.2) is 42.7 Å². The zero-order valence-corrected chi connectivity index (χ0v) is 13.2. The van der Waals surface area contributed by atoms with Crippen LogP contribution >= 0.6 is 0 Å². The lowest BCUT2D eigenvalue weighted by molar-refractivity contribution is 0.0504. The summed E-state index contributed by atoms with van der Waals surface area (Å²) in [6.07, 6.45) is 4.07. The molecule has 4 heteroatoms. The predicted octanol–water partition coefficient (Wildman–Crippen LogP) is 2.79. The molecule has 0 amide bonds. The molecular weight excluding hydrogens is 262 g/mol. The average Bonchev–Trinajstić information content (AvgIpc) is 2.94. The van der Waals surface area contributed by atoms with Crippen LogP contribution in [0.3, 0.4) is 0 Å². The summed E-state index contributed by atoms with van der Waals surface area (Å²) in [7, 11) is 2.13. The first-order valence-electron chi connectivity index (χ1n) is 7.52. The average molecular weight is 287 g/mol. The van der Waals surface area contributed by atoms with E-state index in [1.807, 2.05) is 30.1 Å². The number of benzene rings is 1. The number of rotatable bonds is 8. The van der Waals surface area contributed by atoms with Crippen molar-refractivity contribution in [3.05, 3.63) is 53.9 Å². The quantitative estimate of drug-likeness (QED) is 0.748. The normalized spacial score (nSPS) is 12.8. The van der Waals surface area contributed by atoms with Crippen LogP contribution in [0.25, 0.3) is 0 Å². The highest BCUT2D eigenvalue weighted by Gasteiger charge is 2.06. The number of aromatic nitrogens is 2.